The second-order valence-corrected chi connectivity index (χ2v) is 7.84. The summed E-state index contributed by atoms with van der Waals surface area (Å²) in [6, 6.07) is 0. The van der Waals surface area contributed by atoms with Crippen molar-refractivity contribution in [2.75, 3.05) is 6.61 Å². The van der Waals surface area contributed by atoms with Crippen molar-refractivity contribution in [3.05, 3.63) is 0 Å². The Kier molecular flexibility index (Phi) is 2.68. The van der Waals surface area contributed by atoms with Crippen LogP contribution in [0.15, 0.2) is 0 Å². The lowest BCUT2D eigenvalue weighted by Gasteiger charge is -2.52. The predicted octanol–water partition coefficient (Wildman–Crippen LogP) is 3.99. The maximum Gasteiger partial charge on any atom is 0.160 e. The molecule has 1 heterocycles. The molecule has 18 heavy (non-hydrogen) atoms. The molecule has 3 rings (SSSR count). The molecule has 2 nitrogen and oxygen atoms in total. The Bertz CT molecular complexity index is 349. The highest BCUT2D eigenvalue weighted by Crippen LogP contribution is 2.72. The van der Waals surface area contributed by atoms with Crippen molar-refractivity contribution in [1.29, 1.82) is 0 Å². The van der Waals surface area contributed by atoms with Crippen LogP contribution in [-0.4, -0.2) is 18.5 Å². The van der Waals surface area contributed by atoms with E-state index in [2.05, 4.69) is 34.6 Å². The SMILES string of the molecule is CC(C)[C@H]1OCC[C@]2(C[C@H]3CC[C@]2(C)C3(C)C)O1. The van der Waals surface area contributed by atoms with Gasteiger partial charge in [-0.25, -0.2) is 0 Å². The summed E-state index contributed by atoms with van der Waals surface area (Å²) in [5.41, 5.74) is 0.847. The molecule has 1 saturated heterocycles. The lowest BCUT2D eigenvalue weighted by Crippen LogP contribution is -2.55. The van der Waals surface area contributed by atoms with Crippen molar-refractivity contribution in [3.8, 4) is 0 Å². The molecule has 0 radical (unpaired) electrons. The first-order valence-electron chi connectivity index (χ1n) is 7.62. The summed E-state index contributed by atoms with van der Waals surface area (Å²) >= 11 is 0. The van der Waals surface area contributed by atoms with E-state index < -0.39 is 0 Å². The fourth-order valence-corrected chi connectivity index (χ4v) is 4.93. The van der Waals surface area contributed by atoms with Crippen LogP contribution < -0.4 is 0 Å². The predicted molar refractivity (Wildman–Crippen MR) is 72.2 cm³/mol. The van der Waals surface area contributed by atoms with Gasteiger partial charge in [-0.05, 0) is 30.6 Å². The Morgan fingerprint density at radius 3 is 2.33 bits per heavy atom. The molecule has 2 bridgehead atoms. The molecule has 0 unspecified atom stereocenters. The van der Waals surface area contributed by atoms with E-state index in [0.717, 1.165) is 18.9 Å². The Labute approximate surface area is 111 Å². The summed E-state index contributed by atoms with van der Waals surface area (Å²) in [4.78, 5) is 0. The van der Waals surface area contributed by atoms with Crippen LogP contribution in [0.5, 0.6) is 0 Å². The van der Waals surface area contributed by atoms with Crippen LogP contribution >= 0.6 is 0 Å². The van der Waals surface area contributed by atoms with Crippen LogP contribution in [-0.2, 0) is 9.47 Å². The summed E-state index contributed by atoms with van der Waals surface area (Å²) in [7, 11) is 0. The molecule has 0 aromatic heterocycles. The number of fused-ring (bicyclic) bond motifs is 3. The van der Waals surface area contributed by atoms with E-state index >= 15 is 0 Å². The number of ether oxygens (including phenoxy) is 2. The Morgan fingerprint density at radius 2 is 1.83 bits per heavy atom. The quantitative estimate of drug-likeness (QED) is 0.702. The zero-order chi connectivity index (χ0) is 13.2. The van der Waals surface area contributed by atoms with Gasteiger partial charge in [-0.1, -0.05) is 34.6 Å². The normalized spacial score (nSPS) is 50.3. The van der Waals surface area contributed by atoms with Crippen molar-refractivity contribution in [3.63, 3.8) is 0 Å². The number of rotatable bonds is 1. The Balaban J connectivity index is 1.93. The molecule has 0 aromatic rings. The largest absolute Gasteiger partial charge is 0.352 e. The van der Waals surface area contributed by atoms with E-state index in [1.54, 1.807) is 0 Å². The lowest BCUT2D eigenvalue weighted by molar-refractivity contribution is -0.304. The maximum atomic E-state index is 6.55. The van der Waals surface area contributed by atoms with Gasteiger partial charge in [0.1, 0.15) is 0 Å². The van der Waals surface area contributed by atoms with Gasteiger partial charge >= 0.3 is 0 Å². The molecular weight excluding hydrogens is 224 g/mol. The molecule has 0 aromatic carbocycles. The van der Waals surface area contributed by atoms with Gasteiger partial charge in [0.15, 0.2) is 6.29 Å². The summed E-state index contributed by atoms with van der Waals surface area (Å²) in [5.74, 6) is 1.29. The van der Waals surface area contributed by atoms with Crippen molar-refractivity contribution < 1.29 is 9.47 Å². The first kappa shape index (κ1) is 12.9. The van der Waals surface area contributed by atoms with E-state index in [1.807, 2.05) is 0 Å². The summed E-state index contributed by atoms with van der Waals surface area (Å²) < 4.78 is 12.4. The fourth-order valence-electron chi connectivity index (χ4n) is 4.93. The highest BCUT2D eigenvalue weighted by Gasteiger charge is 2.70. The van der Waals surface area contributed by atoms with E-state index in [1.165, 1.54) is 19.3 Å². The summed E-state index contributed by atoms with van der Waals surface area (Å²) in [6.07, 6.45) is 5.07. The zero-order valence-corrected chi connectivity index (χ0v) is 12.6. The fraction of sp³-hybridized carbons (Fsp3) is 1.00. The Morgan fingerprint density at radius 1 is 1.11 bits per heavy atom. The first-order valence-corrected chi connectivity index (χ1v) is 7.62. The standard InChI is InChI=1S/C16H28O2/c1-11(2)13-17-9-8-16(18-13)10-12-6-7-15(16,5)14(12,3)4/h11-13H,6-10H2,1-5H3/t12-,13+,15-,16-/m1/s1. The van der Waals surface area contributed by atoms with Crippen LogP contribution in [0.1, 0.15) is 60.3 Å². The Hall–Kier alpha value is -0.0800. The summed E-state index contributed by atoms with van der Waals surface area (Å²) in [5, 5.41) is 0. The third-order valence-corrected chi connectivity index (χ3v) is 6.69. The van der Waals surface area contributed by atoms with Gasteiger partial charge in [0, 0.05) is 17.8 Å². The van der Waals surface area contributed by atoms with Gasteiger partial charge < -0.3 is 9.47 Å². The minimum atomic E-state index is 0.00530. The zero-order valence-electron chi connectivity index (χ0n) is 12.6. The molecule has 3 aliphatic rings. The molecule has 2 aliphatic carbocycles. The highest BCUT2D eigenvalue weighted by molar-refractivity contribution is 5.19. The first-order chi connectivity index (χ1) is 8.32. The van der Waals surface area contributed by atoms with Gasteiger partial charge in [-0.2, -0.15) is 0 Å². The minimum absolute atomic E-state index is 0.00530. The van der Waals surface area contributed by atoms with Crippen molar-refractivity contribution in [2.24, 2.45) is 22.7 Å². The van der Waals surface area contributed by atoms with Crippen molar-refractivity contribution >= 4 is 0 Å². The highest BCUT2D eigenvalue weighted by atomic mass is 16.7. The maximum absolute atomic E-state index is 6.55. The van der Waals surface area contributed by atoms with Crippen LogP contribution in [0.2, 0.25) is 0 Å². The molecule has 0 amide bonds. The molecule has 104 valence electrons. The topological polar surface area (TPSA) is 18.5 Å². The van der Waals surface area contributed by atoms with Crippen LogP contribution in [0, 0.1) is 22.7 Å². The van der Waals surface area contributed by atoms with E-state index in [9.17, 15) is 0 Å². The second kappa shape index (κ2) is 3.73. The molecule has 2 saturated carbocycles. The molecule has 1 aliphatic heterocycles. The monoisotopic (exact) mass is 252 g/mol. The molecule has 4 atom stereocenters. The molecule has 2 heteroatoms. The van der Waals surface area contributed by atoms with Crippen LogP contribution in [0.4, 0.5) is 0 Å². The molecular formula is C16H28O2. The van der Waals surface area contributed by atoms with Gasteiger partial charge in [0.25, 0.3) is 0 Å². The van der Waals surface area contributed by atoms with Crippen molar-refractivity contribution in [2.45, 2.75) is 72.2 Å². The number of hydrogen-bond acceptors (Lipinski definition) is 2. The van der Waals surface area contributed by atoms with E-state index in [0.29, 0.717) is 16.7 Å². The van der Waals surface area contributed by atoms with Gasteiger partial charge in [-0.3, -0.25) is 0 Å². The van der Waals surface area contributed by atoms with E-state index in [-0.39, 0.29) is 11.9 Å². The van der Waals surface area contributed by atoms with Crippen molar-refractivity contribution in [1.82, 2.24) is 0 Å². The molecule has 1 spiro atoms. The average molecular weight is 252 g/mol. The molecule has 3 fully saturated rings. The average Bonchev–Trinajstić information content (AvgIpc) is 2.61. The second-order valence-electron chi connectivity index (χ2n) is 7.84. The number of hydrogen-bond donors (Lipinski definition) is 0. The van der Waals surface area contributed by atoms with Gasteiger partial charge in [-0.15, -0.1) is 0 Å². The van der Waals surface area contributed by atoms with Crippen LogP contribution in [0.3, 0.4) is 0 Å². The minimum Gasteiger partial charge on any atom is -0.352 e. The summed E-state index contributed by atoms with van der Waals surface area (Å²) in [6.45, 7) is 12.7. The van der Waals surface area contributed by atoms with E-state index in [4.69, 9.17) is 9.47 Å². The third kappa shape index (κ3) is 1.37. The van der Waals surface area contributed by atoms with Crippen LogP contribution in [0.25, 0.3) is 0 Å². The third-order valence-electron chi connectivity index (χ3n) is 6.69. The lowest BCUT2D eigenvalue weighted by atomic mass is 9.63. The van der Waals surface area contributed by atoms with Gasteiger partial charge in [0.05, 0.1) is 12.2 Å². The molecule has 0 N–H and O–H groups in total. The smallest absolute Gasteiger partial charge is 0.160 e. The van der Waals surface area contributed by atoms with Gasteiger partial charge in [0.2, 0.25) is 0 Å².